The van der Waals surface area contributed by atoms with Crippen LogP contribution in [-0.4, -0.2) is 40.8 Å². The van der Waals surface area contributed by atoms with Crippen molar-refractivity contribution in [2.24, 2.45) is 5.73 Å². The molecule has 0 rings (SSSR count). The molecule has 2 N–H and O–H groups in total. The van der Waals surface area contributed by atoms with Gasteiger partial charge in [0.2, 0.25) is 0 Å². The molecule has 0 aliphatic carbocycles. The summed E-state index contributed by atoms with van der Waals surface area (Å²) in [4.78, 5) is 0. The van der Waals surface area contributed by atoms with Crippen molar-refractivity contribution in [3.05, 3.63) is 0 Å². The van der Waals surface area contributed by atoms with Gasteiger partial charge in [0.1, 0.15) is 0 Å². The van der Waals surface area contributed by atoms with E-state index < -0.39 is 33.8 Å². The Morgan fingerprint density at radius 3 is 1.00 bits per heavy atom. The fourth-order valence-corrected chi connectivity index (χ4v) is 16.6. The Morgan fingerprint density at radius 1 is 0.619 bits per heavy atom. The van der Waals surface area contributed by atoms with Crippen LogP contribution in [-0.2, 0) is 12.3 Å². The first-order valence-electron chi connectivity index (χ1n) is 7.86. The zero-order chi connectivity index (χ0) is 17.5. The van der Waals surface area contributed by atoms with Crippen LogP contribution in [0, 0.1) is 0 Å². The number of rotatable bonds is 8. The first-order valence-corrected chi connectivity index (χ1v) is 20.0. The predicted octanol–water partition coefficient (Wildman–Crippen LogP) is 4.46. The van der Waals surface area contributed by atoms with E-state index >= 15 is 0 Å². The van der Waals surface area contributed by atoms with Crippen molar-refractivity contribution < 1.29 is 12.3 Å². The van der Waals surface area contributed by atoms with Crippen LogP contribution in [0.1, 0.15) is 13.3 Å². The molecule has 130 valence electrons. The molecule has 0 radical (unpaired) electrons. The van der Waals surface area contributed by atoms with Crippen molar-refractivity contribution in [2.75, 3.05) is 7.05 Å². The van der Waals surface area contributed by atoms with Gasteiger partial charge in [-0.05, 0) is 66.0 Å². The molecule has 8 heteroatoms. The lowest BCUT2D eigenvalue weighted by molar-refractivity contribution is 0.251. The number of hydrogen-bond donors (Lipinski definition) is 1. The minimum Gasteiger partial charge on any atom is -0.417 e. The molecular weight excluding hydrogens is 330 g/mol. The van der Waals surface area contributed by atoms with E-state index in [9.17, 15) is 0 Å². The zero-order valence-corrected chi connectivity index (χ0v) is 20.2. The van der Waals surface area contributed by atoms with Crippen LogP contribution in [0.2, 0.25) is 65.0 Å². The number of nitrogens with two attached hydrogens (primary N) is 1. The van der Waals surface area contributed by atoms with Crippen LogP contribution in [0.3, 0.4) is 0 Å². The highest BCUT2D eigenvalue weighted by molar-refractivity contribution is 6.90. The summed E-state index contributed by atoms with van der Waals surface area (Å²) in [5, 5.41) is 0. The van der Waals surface area contributed by atoms with Crippen LogP contribution >= 0.6 is 0 Å². The van der Waals surface area contributed by atoms with Gasteiger partial charge in [-0.1, -0.05) is 13.3 Å². The molecule has 0 unspecified atom stereocenters. The van der Waals surface area contributed by atoms with Gasteiger partial charge in [-0.25, -0.2) is 0 Å². The second-order valence-corrected chi connectivity index (χ2v) is 25.1. The van der Waals surface area contributed by atoms with Crippen molar-refractivity contribution in [1.82, 2.24) is 0 Å². The summed E-state index contributed by atoms with van der Waals surface area (Å²) >= 11 is 0. The van der Waals surface area contributed by atoms with Crippen molar-refractivity contribution >= 4 is 33.8 Å². The van der Waals surface area contributed by atoms with Gasteiger partial charge >= 0.3 is 8.80 Å². The standard InChI is InChI=1S/C12H34O3Si4.CH5N/c1-11-12-19(13-16(2,3)4,14-17(5,6)7)15-18(8,9)10;1-2/h11-12H2,1-10H3;2H2,1H3. The Kier molecular flexibility index (Phi) is 10.4. The van der Waals surface area contributed by atoms with Crippen LogP contribution in [0.4, 0.5) is 0 Å². The van der Waals surface area contributed by atoms with Crippen molar-refractivity contribution in [3.8, 4) is 0 Å². The molecule has 0 aliphatic heterocycles. The van der Waals surface area contributed by atoms with E-state index in [0.717, 1.165) is 12.5 Å². The molecule has 0 bridgehead atoms. The summed E-state index contributed by atoms with van der Waals surface area (Å²) in [6.07, 6.45) is 1.06. The van der Waals surface area contributed by atoms with Gasteiger partial charge in [0.15, 0.2) is 25.0 Å². The average molecular weight is 370 g/mol. The summed E-state index contributed by atoms with van der Waals surface area (Å²) in [5.41, 5.74) is 4.50. The molecule has 0 spiro atoms. The summed E-state index contributed by atoms with van der Waals surface area (Å²) < 4.78 is 19.6. The monoisotopic (exact) mass is 369 g/mol. The fourth-order valence-electron chi connectivity index (χ4n) is 1.92. The van der Waals surface area contributed by atoms with Crippen molar-refractivity contribution in [2.45, 2.75) is 78.3 Å². The van der Waals surface area contributed by atoms with Crippen molar-refractivity contribution in [3.63, 3.8) is 0 Å². The normalized spacial score (nSPS) is 13.7. The molecule has 0 amide bonds. The van der Waals surface area contributed by atoms with Gasteiger partial charge in [-0.15, -0.1) is 0 Å². The van der Waals surface area contributed by atoms with E-state index in [1.54, 1.807) is 0 Å². The van der Waals surface area contributed by atoms with E-state index in [-0.39, 0.29) is 0 Å². The molecule has 0 atom stereocenters. The lowest BCUT2D eigenvalue weighted by Gasteiger charge is -2.42. The molecule has 0 heterocycles. The van der Waals surface area contributed by atoms with Gasteiger partial charge in [0.25, 0.3) is 0 Å². The van der Waals surface area contributed by atoms with Crippen LogP contribution < -0.4 is 5.73 Å². The Balaban J connectivity index is 0. The third-order valence-electron chi connectivity index (χ3n) is 1.94. The molecule has 21 heavy (non-hydrogen) atoms. The highest BCUT2D eigenvalue weighted by atomic mass is 28.5. The Labute approximate surface area is 137 Å². The zero-order valence-electron chi connectivity index (χ0n) is 16.2. The van der Waals surface area contributed by atoms with E-state index in [4.69, 9.17) is 12.3 Å². The highest BCUT2D eigenvalue weighted by Crippen LogP contribution is 2.29. The molecular formula is C13H39NO3Si4. The summed E-state index contributed by atoms with van der Waals surface area (Å²) in [5.74, 6) is 0. The third kappa shape index (κ3) is 14.1. The molecule has 0 aromatic heterocycles. The largest absolute Gasteiger partial charge is 0.469 e. The smallest absolute Gasteiger partial charge is 0.417 e. The third-order valence-corrected chi connectivity index (χ3v) is 14.1. The van der Waals surface area contributed by atoms with Crippen LogP contribution in [0.5, 0.6) is 0 Å². The van der Waals surface area contributed by atoms with E-state index in [2.05, 4.69) is 71.6 Å². The van der Waals surface area contributed by atoms with Crippen LogP contribution in [0.25, 0.3) is 0 Å². The number of hydrogen-bond acceptors (Lipinski definition) is 4. The topological polar surface area (TPSA) is 53.7 Å². The molecule has 0 fully saturated rings. The molecule has 0 saturated carbocycles. The quantitative estimate of drug-likeness (QED) is 0.641. The molecule has 0 aromatic rings. The summed E-state index contributed by atoms with van der Waals surface area (Å²) in [6.45, 7) is 22.2. The SMILES string of the molecule is CCC[Si](O[Si](C)(C)C)(O[Si](C)(C)C)O[Si](C)(C)C.CN. The maximum absolute atomic E-state index is 6.52. The molecule has 4 nitrogen and oxygen atoms in total. The Bertz CT molecular complexity index is 242. The van der Waals surface area contributed by atoms with Crippen molar-refractivity contribution in [1.29, 1.82) is 0 Å². The fraction of sp³-hybridized carbons (Fsp3) is 1.00. The highest BCUT2D eigenvalue weighted by Gasteiger charge is 2.49. The maximum atomic E-state index is 6.52. The van der Waals surface area contributed by atoms with Gasteiger partial charge in [0, 0.05) is 6.04 Å². The second kappa shape index (κ2) is 9.11. The minimum absolute atomic E-state index is 0.950. The van der Waals surface area contributed by atoms with Gasteiger partial charge in [-0.2, -0.15) is 0 Å². The molecule has 0 aliphatic rings. The van der Waals surface area contributed by atoms with Gasteiger partial charge in [-0.3, -0.25) is 0 Å². The van der Waals surface area contributed by atoms with E-state index in [1.165, 1.54) is 7.05 Å². The van der Waals surface area contributed by atoms with Crippen LogP contribution in [0.15, 0.2) is 0 Å². The first-order chi connectivity index (χ1) is 9.18. The molecule has 0 saturated heterocycles. The lowest BCUT2D eigenvalue weighted by atomic mass is 10.6. The Hall–Kier alpha value is 0.708. The van der Waals surface area contributed by atoms with E-state index in [1.807, 2.05) is 0 Å². The lowest BCUT2D eigenvalue weighted by Crippen LogP contribution is -2.60. The first kappa shape index (κ1) is 24.0. The summed E-state index contributed by atoms with van der Waals surface area (Å²) in [7, 11) is -6.04. The van der Waals surface area contributed by atoms with Gasteiger partial charge in [0.05, 0.1) is 0 Å². The Morgan fingerprint density at radius 2 is 0.857 bits per heavy atom. The maximum Gasteiger partial charge on any atom is 0.469 e. The predicted molar refractivity (Wildman–Crippen MR) is 104 cm³/mol. The van der Waals surface area contributed by atoms with Gasteiger partial charge < -0.3 is 18.1 Å². The van der Waals surface area contributed by atoms with E-state index in [0.29, 0.717) is 0 Å². The summed E-state index contributed by atoms with van der Waals surface area (Å²) in [6, 6.07) is 0.950. The second-order valence-electron chi connectivity index (χ2n) is 8.08. The average Bonchev–Trinajstić information content (AvgIpc) is 2.11. The minimum atomic E-state index is -2.52. The molecule has 0 aromatic carbocycles.